The Bertz CT molecular complexity index is 390. The summed E-state index contributed by atoms with van der Waals surface area (Å²) in [5, 5.41) is 1.57. The first-order chi connectivity index (χ1) is 6.80. The molecule has 0 atom stereocenters. The lowest BCUT2D eigenvalue weighted by atomic mass is 10.1. The van der Waals surface area contributed by atoms with E-state index in [-0.39, 0.29) is 0 Å². The fourth-order valence-corrected chi connectivity index (χ4v) is 1.70. The highest BCUT2D eigenvalue weighted by atomic mass is 32.1. The van der Waals surface area contributed by atoms with Gasteiger partial charge in [0.1, 0.15) is 0 Å². The summed E-state index contributed by atoms with van der Waals surface area (Å²) in [5.74, 6) is -5.32. The predicted molar refractivity (Wildman–Crippen MR) is 53.6 cm³/mol. The van der Waals surface area contributed by atoms with Crippen molar-refractivity contribution in [2.45, 2.75) is 26.2 Å². The van der Waals surface area contributed by atoms with Gasteiger partial charge in [0.25, 0.3) is 0 Å². The number of carbonyl (C=O) groups excluding carboxylic acids is 2. The van der Waals surface area contributed by atoms with Crippen molar-refractivity contribution in [1.82, 2.24) is 0 Å². The predicted octanol–water partition coefficient (Wildman–Crippen LogP) is 2.85. The maximum absolute atomic E-state index is 12.5. The zero-order valence-electron chi connectivity index (χ0n) is 8.34. The van der Waals surface area contributed by atoms with E-state index >= 15 is 0 Å². The second kappa shape index (κ2) is 4.18. The second-order valence-corrected chi connectivity index (χ2v) is 4.47. The molecule has 0 aliphatic carbocycles. The lowest BCUT2D eigenvalue weighted by Crippen LogP contribution is -2.26. The van der Waals surface area contributed by atoms with Crippen molar-refractivity contribution in [2.75, 3.05) is 0 Å². The lowest BCUT2D eigenvalue weighted by Gasteiger charge is -2.06. The fourth-order valence-electron chi connectivity index (χ4n) is 0.993. The molecule has 82 valence electrons. The number of halogens is 2. The highest BCUT2D eigenvalue weighted by Crippen LogP contribution is 2.19. The van der Waals surface area contributed by atoms with Crippen molar-refractivity contribution < 1.29 is 18.4 Å². The zero-order valence-corrected chi connectivity index (χ0v) is 9.16. The number of aryl methyl sites for hydroxylation is 1. The van der Waals surface area contributed by atoms with Crippen LogP contribution in [0.25, 0.3) is 0 Å². The van der Waals surface area contributed by atoms with Gasteiger partial charge in [-0.15, -0.1) is 11.3 Å². The number of alkyl halides is 2. The standard InChI is InChI=1S/C10H10F2O2S/c1-6-3-7(5-15-6)8(13)4-9(14)10(2,11)12/h3,5H,4H2,1-2H3. The summed E-state index contributed by atoms with van der Waals surface area (Å²) >= 11 is 1.35. The molecule has 0 fully saturated rings. The number of ketones is 2. The van der Waals surface area contributed by atoms with Gasteiger partial charge in [0, 0.05) is 22.7 Å². The molecule has 1 rings (SSSR count). The van der Waals surface area contributed by atoms with E-state index in [0.717, 1.165) is 4.88 Å². The van der Waals surface area contributed by atoms with Crippen LogP contribution in [0.5, 0.6) is 0 Å². The van der Waals surface area contributed by atoms with Crippen molar-refractivity contribution in [1.29, 1.82) is 0 Å². The van der Waals surface area contributed by atoms with Crippen LogP contribution in [-0.2, 0) is 4.79 Å². The van der Waals surface area contributed by atoms with Crippen LogP contribution < -0.4 is 0 Å². The van der Waals surface area contributed by atoms with E-state index in [1.165, 1.54) is 11.3 Å². The van der Waals surface area contributed by atoms with Crippen LogP contribution in [0.2, 0.25) is 0 Å². The SMILES string of the molecule is Cc1cc(C(=O)CC(=O)C(C)(F)F)cs1. The van der Waals surface area contributed by atoms with Gasteiger partial charge in [-0.05, 0) is 13.0 Å². The number of hydrogen-bond acceptors (Lipinski definition) is 3. The molecule has 0 spiro atoms. The second-order valence-electron chi connectivity index (χ2n) is 3.36. The quantitative estimate of drug-likeness (QED) is 0.591. The van der Waals surface area contributed by atoms with E-state index in [9.17, 15) is 18.4 Å². The van der Waals surface area contributed by atoms with Gasteiger partial charge in [-0.2, -0.15) is 8.78 Å². The van der Waals surface area contributed by atoms with E-state index < -0.39 is 23.9 Å². The fraction of sp³-hybridized carbons (Fsp3) is 0.400. The Hall–Kier alpha value is -1.10. The van der Waals surface area contributed by atoms with Gasteiger partial charge < -0.3 is 0 Å². The van der Waals surface area contributed by atoms with Gasteiger partial charge in [0.2, 0.25) is 5.78 Å². The third kappa shape index (κ3) is 3.20. The Balaban J connectivity index is 2.69. The van der Waals surface area contributed by atoms with E-state index in [0.29, 0.717) is 12.5 Å². The van der Waals surface area contributed by atoms with Crippen LogP contribution in [0.1, 0.15) is 28.6 Å². The Morgan fingerprint density at radius 1 is 1.47 bits per heavy atom. The molecular weight excluding hydrogens is 222 g/mol. The Labute approximate surface area is 89.9 Å². The summed E-state index contributed by atoms with van der Waals surface area (Å²) in [4.78, 5) is 23.2. The Morgan fingerprint density at radius 3 is 2.47 bits per heavy atom. The van der Waals surface area contributed by atoms with Crippen LogP contribution in [0.3, 0.4) is 0 Å². The molecule has 0 unspecified atom stereocenters. The highest BCUT2D eigenvalue weighted by molar-refractivity contribution is 7.10. The molecule has 0 N–H and O–H groups in total. The molecule has 1 heterocycles. The summed E-state index contributed by atoms with van der Waals surface area (Å²) in [5.41, 5.74) is 0.329. The van der Waals surface area contributed by atoms with Crippen LogP contribution in [0.4, 0.5) is 8.78 Å². The van der Waals surface area contributed by atoms with E-state index in [1.807, 2.05) is 0 Å². The normalized spacial score (nSPS) is 11.5. The molecule has 0 aliphatic heterocycles. The van der Waals surface area contributed by atoms with Crippen LogP contribution in [-0.4, -0.2) is 17.5 Å². The number of thiophene rings is 1. The van der Waals surface area contributed by atoms with E-state index in [2.05, 4.69) is 0 Å². The van der Waals surface area contributed by atoms with Gasteiger partial charge in [0.15, 0.2) is 5.78 Å². The van der Waals surface area contributed by atoms with Gasteiger partial charge in [0.05, 0.1) is 6.42 Å². The summed E-state index contributed by atoms with van der Waals surface area (Å²) < 4.78 is 25.0. The number of Topliss-reactive ketones (excluding diaryl/α,β-unsaturated/α-hetero) is 2. The summed E-state index contributed by atoms with van der Waals surface area (Å²) in [6.45, 7) is 2.30. The third-order valence-corrected chi connectivity index (χ3v) is 2.72. The minimum absolute atomic E-state index is 0.329. The highest BCUT2D eigenvalue weighted by Gasteiger charge is 2.33. The average molecular weight is 232 g/mol. The monoisotopic (exact) mass is 232 g/mol. The van der Waals surface area contributed by atoms with Crippen molar-refractivity contribution in [3.05, 3.63) is 21.9 Å². The Kier molecular flexibility index (Phi) is 3.34. The molecule has 1 aromatic heterocycles. The van der Waals surface area contributed by atoms with Crippen LogP contribution in [0.15, 0.2) is 11.4 Å². The van der Waals surface area contributed by atoms with Crippen LogP contribution >= 0.6 is 11.3 Å². The molecule has 15 heavy (non-hydrogen) atoms. The van der Waals surface area contributed by atoms with Crippen molar-refractivity contribution in [2.24, 2.45) is 0 Å². The molecule has 2 nitrogen and oxygen atoms in total. The minimum Gasteiger partial charge on any atom is -0.294 e. The maximum atomic E-state index is 12.5. The van der Waals surface area contributed by atoms with Gasteiger partial charge >= 0.3 is 5.92 Å². The molecule has 0 aromatic carbocycles. The van der Waals surface area contributed by atoms with Crippen LogP contribution in [0, 0.1) is 6.92 Å². The zero-order chi connectivity index (χ0) is 11.6. The lowest BCUT2D eigenvalue weighted by molar-refractivity contribution is -0.139. The number of carbonyl (C=O) groups is 2. The smallest absolute Gasteiger partial charge is 0.294 e. The topological polar surface area (TPSA) is 34.1 Å². The maximum Gasteiger partial charge on any atom is 0.303 e. The van der Waals surface area contributed by atoms with Gasteiger partial charge in [-0.3, -0.25) is 9.59 Å². The minimum atomic E-state index is -3.43. The molecule has 0 amide bonds. The molecule has 5 heteroatoms. The molecule has 0 saturated heterocycles. The van der Waals surface area contributed by atoms with Gasteiger partial charge in [-0.1, -0.05) is 0 Å². The molecule has 0 saturated carbocycles. The van der Waals surface area contributed by atoms with E-state index in [4.69, 9.17) is 0 Å². The first kappa shape index (κ1) is 12.0. The largest absolute Gasteiger partial charge is 0.303 e. The molecule has 1 aromatic rings. The average Bonchev–Trinajstić information content (AvgIpc) is 2.50. The number of rotatable bonds is 4. The molecule has 0 radical (unpaired) electrons. The van der Waals surface area contributed by atoms with Crippen molar-refractivity contribution in [3.8, 4) is 0 Å². The van der Waals surface area contributed by atoms with E-state index in [1.54, 1.807) is 18.4 Å². The first-order valence-electron chi connectivity index (χ1n) is 4.30. The summed E-state index contributed by atoms with van der Waals surface area (Å²) in [6, 6.07) is 1.59. The number of hydrogen-bond donors (Lipinski definition) is 0. The molecular formula is C10H10F2O2S. The molecule has 0 aliphatic rings. The molecule has 0 bridgehead atoms. The summed E-state index contributed by atoms with van der Waals surface area (Å²) in [6.07, 6.45) is -0.736. The third-order valence-electron chi connectivity index (χ3n) is 1.86. The first-order valence-corrected chi connectivity index (χ1v) is 5.18. The van der Waals surface area contributed by atoms with Crippen molar-refractivity contribution >= 4 is 22.9 Å². The summed E-state index contributed by atoms with van der Waals surface area (Å²) in [7, 11) is 0. The van der Waals surface area contributed by atoms with Crippen molar-refractivity contribution in [3.63, 3.8) is 0 Å². The van der Waals surface area contributed by atoms with Gasteiger partial charge in [-0.25, -0.2) is 0 Å². The Morgan fingerprint density at radius 2 is 2.07 bits per heavy atom.